The van der Waals surface area contributed by atoms with Crippen molar-refractivity contribution in [2.24, 2.45) is 23.2 Å². The van der Waals surface area contributed by atoms with Crippen LogP contribution in [0.25, 0.3) is 0 Å². The van der Waals surface area contributed by atoms with Crippen LogP contribution >= 0.6 is 0 Å². The Bertz CT molecular complexity index is 432. The normalized spacial score (nSPS) is 53.5. The van der Waals surface area contributed by atoms with Gasteiger partial charge in [-0.15, -0.1) is 0 Å². The van der Waals surface area contributed by atoms with Gasteiger partial charge in [0.2, 0.25) is 0 Å². The summed E-state index contributed by atoms with van der Waals surface area (Å²) in [6.45, 7) is 7.99. The summed E-state index contributed by atoms with van der Waals surface area (Å²) in [5.41, 5.74) is 0.483. The van der Waals surface area contributed by atoms with E-state index in [1.807, 2.05) is 13.8 Å². The molecule has 0 aromatic rings. The maximum Gasteiger partial charge on any atom is 0.309 e. The first-order valence-corrected chi connectivity index (χ1v) is 7.10. The van der Waals surface area contributed by atoms with Crippen molar-refractivity contribution in [2.45, 2.75) is 51.4 Å². The number of carbonyl (C=O) groups excluding carboxylic acids is 1. The van der Waals surface area contributed by atoms with E-state index in [2.05, 4.69) is 6.58 Å². The fraction of sp³-hybridized carbons (Fsp3) is 0.800. The molecular formula is C15H22O4. The van der Waals surface area contributed by atoms with Gasteiger partial charge >= 0.3 is 5.97 Å². The average molecular weight is 266 g/mol. The van der Waals surface area contributed by atoms with Crippen LogP contribution in [0.5, 0.6) is 0 Å². The van der Waals surface area contributed by atoms with Crippen LogP contribution in [0.4, 0.5) is 0 Å². The molecule has 0 spiro atoms. The number of fused-ring (bicyclic) bond motifs is 3. The lowest BCUT2D eigenvalue weighted by Crippen LogP contribution is -2.58. The number of ether oxygens (including phenoxy) is 1. The SMILES string of the molecule is C=C1C[C@H](O)[C@@H](O)[C@]2(C)CC[C@H]3[C@H](OC(=O)[C@H]3C)[C@@H]12. The smallest absolute Gasteiger partial charge is 0.309 e. The van der Waals surface area contributed by atoms with Gasteiger partial charge in [0.05, 0.1) is 18.1 Å². The lowest BCUT2D eigenvalue weighted by molar-refractivity contribution is -0.162. The predicted octanol–water partition coefficient (Wildman–Crippen LogP) is 1.26. The first-order valence-electron chi connectivity index (χ1n) is 7.10. The van der Waals surface area contributed by atoms with Crippen LogP contribution in [0.15, 0.2) is 12.2 Å². The summed E-state index contributed by atoms with van der Waals surface area (Å²) < 4.78 is 5.57. The molecule has 3 aliphatic rings. The van der Waals surface area contributed by atoms with Crippen LogP contribution in [0, 0.1) is 23.2 Å². The van der Waals surface area contributed by atoms with Gasteiger partial charge in [-0.25, -0.2) is 0 Å². The molecule has 106 valence electrons. The Morgan fingerprint density at radius 2 is 2.11 bits per heavy atom. The second kappa shape index (κ2) is 4.06. The van der Waals surface area contributed by atoms with Gasteiger partial charge in [0, 0.05) is 17.3 Å². The Kier molecular flexibility index (Phi) is 2.81. The van der Waals surface area contributed by atoms with Gasteiger partial charge in [0.15, 0.2) is 0 Å². The maximum atomic E-state index is 11.8. The molecule has 1 heterocycles. The van der Waals surface area contributed by atoms with Crippen LogP contribution in [0.2, 0.25) is 0 Å². The fourth-order valence-corrected chi connectivity index (χ4v) is 4.50. The minimum absolute atomic E-state index is 0.0291. The molecule has 0 aromatic heterocycles. The summed E-state index contributed by atoms with van der Waals surface area (Å²) in [7, 11) is 0. The molecule has 1 aliphatic heterocycles. The molecule has 0 amide bonds. The number of hydrogen-bond donors (Lipinski definition) is 2. The summed E-state index contributed by atoms with van der Waals surface area (Å²) in [5, 5.41) is 20.3. The third kappa shape index (κ3) is 1.62. The second-order valence-electron chi connectivity index (χ2n) is 6.75. The van der Waals surface area contributed by atoms with Crippen LogP contribution in [-0.2, 0) is 9.53 Å². The van der Waals surface area contributed by atoms with Crippen molar-refractivity contribution in [2.75, 3.05) is 0 Å². The van der Waals surface area contributed by atoms with E-state index in [9.17, 15) is 15.0 Å². The Labute approximate surface area is 113 Å². The molecule has 0 radical (unpaired) electrons. The maximum absolute atomic E-state index is 11.8. The van der Waals surface area contributed by atoms with Crippen molar-refractivity contribution in [1.82, 2.24) is 0 Å². The summed E-state index contributed by atoms with van der Waals surface area (Å²) in [5.74, 6) is 0.00215. The second-order valence-corrected chi connectivity index (χ2v) is 6.75. The molecule has 3 rings (SSSR count). The van der Waals surface area contributed by atoms with Gasteiger partial charge in [-0.3, -0.25) is 4.79 Å². The summed E-state index contributed by atoms with van der Waals surface area (Å²) in [6.07, 6.45) is 0.379. The molecule has 2 aliphatic carbocycles. The highest BCUT2D eigenvalue weighted by atomic mass is 16.6. The van der Waals surface area contributed by atoms with Crippen molar-refractivity contribution in [3.63, 3.8) is 0 Å². The van der Waals surface area contributed by atoms with Gasteiger partial charge < -0.3 is 14.9 Å². The average Bonchev–Trinajstić information content (AvgIpc) is 2.62. The van der Waals surface area contributed by atoms with E-state index in [4.69, 9.17) is 4.74 Å². The van der Waals surface area contributed by atoms with E-state index in [-0.39, 0.29) is 29.8 Å². The van der Waals surface area contributed by atoms with Crippen molar-refractivity contribution < 1.29 is 19.7 Å². The zero-order valence-electron chi connectivity index (χ0n) is 11.5. The van der Waals surface area contributed by atoms with Crippen LogP contribution < -0.4 is 0 Å². The number of carbonyl (C=O) groups is 1. The largest absolute Gasteiger partial charge is 0.461 e. The zero-order chi connectivity index (χ0) is 13.9. The van der Waals surface area contributed by atoms with Crippen LogP contribution in [0.1, 0.15) is 33.1 Å². The third-order valence-electron chi connectivity index (χ3n) is 5.69. The Hall–Kier alpha value is -0.870. The zero-order valence-corrected chi connectivity index (χ0v) is 11.5. The summed E-state index contributed by atoms with van der Waals surface area (Å²) in [4.78, 5) is 11.8. The van der Waals surface area contributed by atoms with Gasteiger partial charge in [0.25, 0.3) is 0 Å². The van der Waals surface area contributed by atoms with E-state index >= 15 is 0 Å². The van der Waals surface area contributed by atoms with Gasteiger partial charge in [-0.2, -0.15) is 0 Å². The molecular weight excluding hydrogens is 244 g/mol. The van der Waals surface area contributed by atoms with Crippen LogP contribution in [0.3, 0.4) is 0 Å². The highest BCUT2D eigenvalue weighted by Crippen LogP contribution is 2.57. The number of aliphatic hydroxyl groups excluding tert-OH is 2. The molecule has 2 saturated carbocycles. The summed E-state index contributed by atoms with van der Waals surface area (Å²) in [6, 6.07) is 0. The Morgan fingerprint density at radius 3 is 2.79 bits per heavy atom. The molecule has 4 heteroatoms. The van der Waals surface area contributed by atoms with E-state index in [0.717, 1.165) is 18.4 Å². The fourth-order valence-electron chi connectivity index (χ4n) is 4.50. The first kappa shape index (κ1) is 13.1. The van der Waals surface area contributed by atoms with Gasteiger partial charge in [-0.05, 0) is 19.3 Å². The van der Waals surface area contributed by atoms with Gasteiger partial charge in [0.1, 0.15) is 6.10 Å². The molecule has 0 aromatic carbocycles. The van der Waals surface area contributed by atoms with Crippen molar-refractivity contribution in [3.8, 4) is 0 Å². The van der Waals surface area contributed by atoms with Gasteiger partial charge in [-0.1, -0.05) is 26.0 Å². The van der Waals surface area contributed by atoms with E-state index in [1.165, 1.54) is 0 Å². The number of hydrogen-bond acceptors (Lipinski definition) is 4. The first-order chi connectivity index (χ1) is 8.86. The highest BCUT2D eigenvalue weighted by molar-refractivity contribution is 5.75. The van der Waals surface area contributed by atoms with Crippen molar-refractivity contribution >= 4 is 5.97 Å². The van der Waals surface area contributed by atoms with Crippen LogP contribution in [-0.4, -0.2) is 34.5 Å². The minimum atomic E-state index is -0.765. The predicted molar refractivity (Wildman–Crippen MR) is 69.1 cm³/mol. The quantitative estimate of drug-likeness (QED) is 0.512. The molecule has 0 unspecified atom stereocenters. The van der Waals surface area contributed by atoms with Crippen molar-refractivity contribution in [1.29, 1.82) is 0 Å². The molecule has 19 heavy (non-hydrogen) atoms. The third-order valence-corrected chi connectivity index (χ3v) is 5.69. The number of esters is 1. The molecule has 4 nitrogen and oxygen atoms in total. The van der Waals surface area contributed by atoms with Crippen molar-refractivity contribution in [3.05, 3.63) is 12.2 Å². The van der Waals surface area contributed by atoms with E-state index in [1.54, 1.807) is 0 Å². The number of aliphatic hydroxyl groups is 2. The molecule has 1 saturated heterocycles. The molecule has 2 N–H and O–H groups in total. The summed E-state index contributed by atoms with van der Waals surface area (Å²) >= 11 is 0. The Morgan fingerprint density at radius 1 is 1.42 bits per heavy atom. The minimum Gasteiger partial charge on any atom is -0.461 e. The van der Waals surface area contributed by atoms with E-state index < -0.39 is 17.6 Å². The lowest BCUT2D eigenvalue weighted by Gasteiger charge is -2.54. The highest BCUT2D eigenvalue weighted by Gasteiger charge is 2.60. The Balaban J connectivity index is 1.98. The standard InChI is InChI=1S/C15H22O4/c1-7-6-10(16)13(17)15(3)5-4-9-8(2)14(18)19-12(9)11(7)15/h8-13,16-17H,1,4-6H2,2-3H3/t8-,9+,10-,11+,12-,13+,15+/m0/s1. The molecule has 3 fully saturated rings. The van der Waals surface area contributed by atoms with E-state index in [0.29, 0.717) is 6.42 Å². The molecule has 0 bridgehead atoms. The monoisotopic (exact) mass is 266 g/mol. The lowest BCUT2D eigenvalue weighted by atomic mass is 9.53. The number of rotatable bonds is 0. The topological polar surface area (TPSA) is 66.8 Å². The molecule has 7 atom stereocenters.